The molecule has 27 atom stereocenters. The Kier molecular flexibility index (Phi) is 31.7. The predicted molar refractivity (Wildman–Crippen MR) is 524 cm³/mol. The van der Waals surface area contributed by atoms with Crippen molar-refractivity contribution in [3.63, 3.8) is 0 Å². The van der Waals surface area contributed by atoms with Gasteiger partial charge in [-0.1, -0.05) is 0 Å². The van der Waals surface area contributed by atoms with Crippen molar-refractivity contribution in [1.29, 1.82) is 0 Å². The van der Waals surface area contributed by atoms with Crippen LogP contribution in [0.25, 0.3) is 44.7 Å². The molecule has 0 spiro atoms. The third-order valence-corrected chi connectivity index (χ3v) is 34.3. The van der Waals surface area contributed by atoms with Crippen molar-refractivity contribution in [3.05, 3.63) is 142 Å². The summed E-state index contributed by atoms with van der Waals surface area (Å²) in [4.78, 5) is 229. The molecule has 786 valence electrons. The van der Waals surface area contributed by atoms with E-state index in [2.05, 4.69) is 74.8 Å². The fourth-order valence-electron chi connectivity index (χ4n) is 17.1. The number of ether oxygens (including phenoxy) is 7. The van der Waals surface area contributed by atoms with Crippen LogP contribution < -0.4 is 62.4 Å². The number of aryl methyl sites for hydroxylation is 3. The average Bonchev–Trinajstić information content (AvgIpc) is 1.83. The lowest BCUT2D eigenvalue weighted by atomic mass is 10.2. The Labute approximate surface area is 848 Å². The fourth-order valence-corrected chi connectivity index (χ4v) is 26.8. The second-order valence-corrected chi connectivity index (χ2v) is 53.1. The molecule has 0 aromatic carbocycles. The van der Waals surface area contributed by atoms with Crippen molar-refractivity contribution in [2.45, 2.75) is 202 Å². The van der Waals surface area contributed by atoms with E-state index in [-0.39, 0.29) is 130 Å². The van der Waals surface area contributed by atoms with E-state index in [1.54, 1.807) is 13.8 Å². The topological polar surface area (TPSA) is 816 Å². The maximum Gasteiger partial charge on any atom is 0.351 e. The molecule has 7 fully saturated rings. The molecule has 0 aliphatic carbocycles. The van der Waals surface area contributed by atoms with E-state index in [4.69, 9.17) is 203 Å². The number of nitrogens with one attached hydrogen (secondary N) is 3. The van der Waals surface area contributed by atoms with Gasteiger partial charge in [0.05, 0.1) is 114 Å². The fraction of sp³-hybridized carbons (Fsp3) is 0.543. The van der Waals surface area contributed by atoms with Crippen LogP contribution in [0.5, 0.6) is 0 Å². The first-order valence-corrected chi connectivity index (χ1v) is 61.4. The average molecular weight is 2290 g/mol. The van der Waals surface area contributed by atoms with Gasteiger partial charge in [-0.25, -0.2) is 64.2 Å². The lowest BCUT2D eigenvalue weighted by Crippen LogP contribution is -2.33. The van der Waals surface area contributed by atoms with Crippen LogP contribution in [0.1, 0.15) is 112 Å². The van der Waals surface area contributed by atoms with Gasteiger partial charge in [-0.05, 0) is 110 Å². The van der Waals surface area contributed by atoms with Crippen molar-refractivity contribution in [2.75, 3.05) is 68.3 Å². The molecule has 75 heteroatoms. The highest BCUT2D eigenvalue weighted by atomic mass is 32.5. The van der Waals surface area contributed by atoms with Gasteiger partial charge < -0.3 is 160 Å². The summed E-state index contributed by atoms with van der Waals surface area (Å²) in [6, 6.07) is 0. The molecule has 7 aliphatic heterocycles. The standard InChI is InChI=1S/C70H90N27O34P7S7/c1-28-12-91(68(101)86-56(28)71)46-7-34(40(119-46)16-114-137(110,144)129-36-9-49(95-25-83-53-58(73)77-22-80-61(53)95)122-42(36)18-112-133(106,140)126-32-5-45(118-31(32)4)92-13-29(2)64(98)89-69(92)102)127-135(108,142)116-19-43-37(10-50(123-43)96-26-84-54-59(74)78-23-81-62(54)96)130-138(111,145)115-17-41-35(8-47(120-41)93-14-30(3)65(99)90-70(93)103)128-136(109,143)117-20-44-38(11-51(124-44)97-27-85-55-63(97)87-67(75)88-66(55)100)131-134(107,141)113-15-39-33(125-132(104,105)139)6-48(121-39)94-24-82-52-57(72)76-21-79-60(52)94/h12-14,21-27,31-51H,5-11,15-20H2,1-4H3,(H,106,140)(H,107,141)(H,108,142)(H,109,143)(H,110,144)(H,111,145)(H2,71,86,101)(H2,72,76,79)(H2,73,77,80)(H2,74,78,81)(H,89,98,102)(H,90,99,103)(H2,104,105,139)(H3,75,87,88,100)/t31-,32-,33-,34-,35-,36-,37-,38-,39-,40-,41-,42-,43-,44-,45-,46-,47-,48-,49-,50-,51-,133?,134?,135?,136?,137?,138?/m1/s1. The van der Waals surface area contributed by atoms with Gasteiger partial charge in [-0.2, -0.15) is 9.97 Å². The Morgan fingerprint density at radius 1 is 0.331 bits per heavy atom. The number of aromatic amines is 3. The number of H-pyrrole nitrogens is 3. The van der Waals surface area contributed by atoms with E-state index in [1.807, 2.05) is 0 Å². The highest BCUT2D eigenvalue weighted by molar-refractivity contribution is 8.09. The van der Waals surface area contributed by atoms with Crippen molar-refractivity contribution in [1.82, 2.24) is 107 Å². The van der Waals surface area contributed by atoms with E-state index in [9.17, 15) is 67.9 Å². The zero-order valence-corrected chi connectivity index (χ0v) is 87.1. The quantitative estimate of drug-likeness (QED) is 0.0228. The number of nitrogens with two attached hydrogens (primary N) is 5. The van der Waals surface area contributed by atoms with E-state index >= 15 is 0 Å². The van der Waals surface area contributed by atoms with Crippen LogP contribution in [-0.4, -0.2) is 271 Å². The largest absolute Gasteiger partial charge is 0.383 e. The third kappa shape index (κ3) is 24.6. The Hall–Kier alpha value is -7.33. The minimum atomic E-state index is -4.73. The van der Waals surface area contributed by atoms with Crippen LogP contribution in [0.4, 0.5) is 29.2 Å². The van der Waals surface area contributed by atoms with Gasteiger partial charge in [0.25, 0.3) is 16.7 Å². The Morgan fingerprint density at radius 3 is 0.938 bits per heavy atom. The molecule has 21 N–H and O–H groups in total. The number of hydrogen-bond donors (Lipinski definition) is 16. The summed E-state index contributed by atoms with van der Waals surface area (Å²) in [6.45, 7) is -30.2. The van der Waals surface area contributed by atoms with Crippen LogP contribution in [0.2, 0.25) is 0 Å². The van der Waals surface area contributed by atoms with E-state index in [1.165, 1.54) is 93.2 Å². The first-order chi connectivity index (χ1) is 68.4. The van der Waals surface area contributed by atoms with Crippen LogP contribution in [0, 0.1) is 20.8 Å². The molecule has 61 nitrogen and oxygen atoms in total. The van der Waals surface area contributed by atoms with Gasteiger partial charge in [0.2, 0.25) is 5.95 Å². The lowest BCUT2D eigenvalue weighted by molar-refractivity contribution is -0.0571. The summed E-state index contributed by atoms with van der Waals surface area (Å²) >= 11 is 38.7. The number of hydrogen-bond acceptors (Lipinski definition) is 50. The molecule has 145 heavy (non-hydrogen) atoms. The van der Waals surface area contributed by atoms with Crippen molar-refractivity contribution >= 4 is 204 Å². The summed E-state index contributed by atoms with van der Waals surface area (Å²) in [5, 5.41) is 0. The summed E-state index contributed by atoms with van der Waals surface area (Å²) < 4.78 is 132. The number of aromatic nitrogens is 22. The molecule has 0 saturated carbocycles. The lowest BCUT2D eigenvalue weighted by Gasteiger charge is -2.29. The maximum absolute atomic E-state index is 13.7. The molecule has 6 unspecified atom stereocenters. The van der Waals surface area contributed by atoms with Crippen molar-refractivity contribution in [3.8, 4) is 0 Å². The second-order valence-electron chi connectivity index (χ2n) is 33.8. The van der Waals surface area contributed by atoms with Crippen LogP contribution in [0.15, 0.2) is 91.6 Å². The molecule has 11 aromatic heterocycles. The first-order valence-electron chi connectivity index (χ1n) is 43.2. The first kappa shape index (κ1) is 107. The highest BCUT2D eigenvalue weighted by Crippen LogP contribution is 2.59. The molecular weight excluding hydrogens is 2200 g/mol. The number of anilines is 5. The Balaban J connectivity index is 0.559. The number of fused-ring (bicyclic) bond motifs is 4. The van der Waals surface area contributed by atoms with Gasteiger partial charge in [0.1, 0.15) is 122 Å². The SMILES string of the molecule is Cc1cn([C@H]2C[C@@H](OP(O)(=S)OC[C@H]3O[C@@H](n4cnc5c(N)ncnc54)C[C@H]3OP(O)(=S)OC[C@H]3O[C@@H](n4cc(C)c(=O)[nH]c4=O)C[C@H]3OP(O)(=S)OC[C@H]3O[C@@H](n4cnc5c(=O)[nH]c(N)nc54)C[C@H]3OP(O)(=S)OC[C@H]3O[C@@H](n4cnc5c(N)ncnc54)C[C@H]3OP(O)(O)=S)[C@@H](COP(O)(=S)O[C@@H]3C[C@H](n4cnc5c(N)ncnc54)O[C@@H]3COP(O)(=S)O[C@@H]3C[C@H](n4cc(C)c(=O)[nH]c4=O)O[C@@H]3C)O2)c(=O)nc1N. The highest BCUT2D eigenvalue weighted by Gasteiger charge is 2.52. The summed E-state index contributed by atoms with van der Waals surface area (Å²) in [5.41, 5.74) is 27.3. The van der Waals surface area contributed by atoms with Crippen molar-refractivity contribution < 1.29 is 131 Å². The Morgan fingerprint density at radius 2 is 0.607 bits per heavy atom. The number of imidazole rings is 4. The molecule has 0 bridgehead atoms. The molecule has 0 amide bonds. The van der Waals surface area contributed by atoms with E-state index < -0.39 is 249 Å². The molecule has 18 rings (SSSR count). The molecule has 7 saturated heterocycles. The smallest absolute Gasteiger partial charge is 0.351 e. The Bertz CT molecular complexity index is 7560. The molecule has 7 aliphatic rings. The van der Waals surface area contributed by atoms with Crippen molar-refractivity contribution in [2.24, 2.45) is 0 Å². The summed E-state index contributed by atoms with van der Waals surface area (Å²) in [5.74, 6) is -0.338. The zero-order chi connectivity index (χ0) is 103. The van der Waals surface area contributed by atoms with E-state index in [0.717, 1.165) is 15.5 Å². The minimum Gasteiger partial charge on any atom is -0.383 e. The second kappa shape index (κ2) is 42.7. The van der Waals surface area contributed by atoms with Gasteiger partial charge in [-0.15, -0.1) is 0 Å². The predicted octanol–water partition coefficient (Wildman–Crippen LogP) is 0.171. The number of rotatable bonds is 39. The molecule has 0 radical (unpaired) electrons. The summed E-state index contributed by atoms with van der Waals surface area (Å²) in [6.07, 6.45) is -15.2. The van der Waals surface area contributed by atoms with Crippen LogP contribution >= 0.6 is 47.0 Å². The minimum absolute atomic E-state index is 0.0182. The third-order valence-electron chi connectivity index (χ3n) is 24.0. The maximum atomic E-state index is 13.7. The van der Waals surface area contributed by atoms with Gasteiger partial charge >= 0.3 is 64.1 Å². The molecular formula is C70H90N27O34P7S7. The number of nitrogen functional groups attached to an aromatic ring is 5. The van der Waals surface area contributed by atoms with Gasteiger partial charge in [0, 0.05) is 80.2 Å². The molecule has 11 aromatic rings. The summed E-state index contributed by atoms with van der Waals surface area (Å²) in [7, 11) is 0. The van der Waals surface area contributed by atoms with Crippen LogP contribution in [-0.2, 0) is 175 Å². The number of nitrogens with zero attached hydrogens (tertiary/aromatic N) is 19. The van der Waals surface area contributed by atoms with Gasteiger partial charge in [0.15, 0.2) is 45.6 Å². The van der Waals surface area contributed by atoms with E-state index in [0.29, 0.717) is 5.56 Å². The zero-order valence-electron chi connectivity index (χ0n) is 75.2. The normalized spacial score (nSPS) is 29.3. The van der Waals surface area contributed by atoms with Gasteiger partial charge in [-0.3, -0.25) is 61.3 Å². The van der Waals surface area contributed by atoms with Crippen LogP contribution in [0.3, 0.4) is 0 Å². The molecule has 18 heterocycles. The monoisotopic (exact) mass is 2290 g/mol.